The van der Waals surface area contributed by atoms with Crippen LogP contribution in [0, 0.1) is 6.92 Å². The van der Waals surface area contributed by atoms with Crippen LogP contribution in [0.4, 0.5) is 5.82 Å². The highest BCUT2D eigenvalue weighted by molar-refractivity contribution is 6.18. The van der Waals surface area contributed by atoms with Crippen molar-refractivity contribution in [1.82, 2.24) is 35.4 Å². The summed E-state index contributed by atoms with van der Waals surface area (Å²) in [5.74, 6) is 0.760. The third kappa shape index (κ3) is 5.01. The van der Waals surface area contributed by atoms with E-state index in [9.17, 15) is 4.79 Å². The van der Waals surface area contributed by atoms with E-state index in [1.807, 2.05) is 31.2 Å². The number of H-pyrrole nitrogens is 1. The van der Waals surface area contributed by atoms with E-state index in [4.69, 9.17) is 0 Å². The van der Waals surface area contributed by atoms with E-state index in [0.29, 0.717) is 35.0 Å². The van der Waals surface area contributed by atoms with Crippen molar-refractivity contribution in [2.75, 3.05) is 51.1 Å². The summed E-state index contributed by atoms with van der Waals surface area (Å²) >= 11 is 0. The Kier molecular flexibility index (Phi) is 7.19. The van der Waals surface area contributed by atoms with Crippen LogP contribution in [0.5, 0.6) is 0 Å². The van der Waals surface area contributed by atoms with Crippen molar-refractivity contribution in [3.05, 3.63) is 53.5 Å². The smallest absolute Gasteiger partial charge is 0.195 e. The van der Waals surface area contributed by atoms with Gasteiger partial charge in [-0.15, -0.1) is 0 Å². The number of anilines is 1. The highest BCUT2D eigenvalue weighted by Gasteiger charge is 2.35. The Bertz CT molecular complexity index is 1230. The Hall–Kier alpha value is -2.85. The van der Waals surface area contributed by atoms with Gasteiger partial charge in [0, 0.05) is 69.7 Å². The number of aryl methyl sites for hydroxylation is 1. The van der Waals surface area contributed by atoms with Gasteiger partial charge in [-0.1, -0.05) is 24.3 Å². The topological polar surface area (TPSA) is 101 Å². The molecule has 1 saturated carbocycles. The molecule has 1 unspecified atom stereocenters. The summed E-state index contributed by atoms with van der Waals surface area (Å²) in [4.78, 5) is 31.0. The fourth-order valence-electron chi connectivity index (χ4n) is 6.42. The first kappa shape index (κ1) is 24.5. The van der Waals surface area contributed by atoms with Crippen molar-refractivity contribution in [2.24, 2.45) is 0 Å². The van der Waals surface area contributed by atoms with E-state index in [1.165, 1.54) is 12.8 Å². The predicted octanol–water partition coefficient (Wildman–Crippen LogP) is 2.36. The van der Waals surface area contributed by atoms with Crippen molar-refractivity contribution in [1.29, 1.82) is 0 Å². The van der Waals surface area contributed by atoms with Crippen molar-refractivity contribution < 1.29 is 4.79 Å². The van der Waals surface area contributed by atoms with Gasteiger partial charge >= 0.3 is 0 Å². The molecule has 1 aromatic carbocycles. The summed E-state index contributed by atoms with van der Waals surface area (Å²) in [6, 6.07) is 8.69. The average molecular weight is 503 g/mol. The number of carbonyl (C=O) groups is 1. The predicted molar refractivity (Wildman–Crippen MR) is 146 cm³/mol. The fourth-order valence-corrected chi connectivity index (χ4v) is 6.42. The molecule has 1 atom stereocenters. The highest BCUT2D eigenvalue weighted by atomic mass is 16.1. The number of nitrogens with zero attached hydrogens (tertiary/aromatic N) is 4. The molecule has 196 valence electrons. The molecule has 9 nitrogen and oxygen atoms in total. The minimum absolute atomic E-state index is 0.00331. The molecule has 2 aliphatic heterocycles. The number of fused-ring (bicyclic) bond motifs is 1. The van der Waals surface area contributed by atoms with Gasteiger partial charge in [0.2, 0.25) is 0 Å². The molecular formula is C28H38N8O. The van der Waals surface area contributed by atoms with E-state index in [1.54, 1.807) is 12.5 Å². The van der Waals surface area contributed by atoms with Crippen molar-refractivity contribution >= 4 is 22.6 Å². The average Bonchev–Trinajstić information content (AvgIpc) is 3.39. The number of rotatable bonds is 6. The molecule has 4 N–H and O–H groups in total. The van der Waals surface area contributed by atoms with Crippen molar-refractivity contribution in [2.45, 2.75) is 50.9 Å². The molecule has 0 radical (unpaired) electrons. The van der Waals surface area contributed by atoms with Gasteiger partial charge in [0.25, 0.3) is 0 Å². The maximum absolute atomic E-state index is 13.4. The van der Waals surface area contributed by atoms with Gasteiger partial charge in [-0.05, 0) is 38.2 Å². The lowest BCUT2D eigenvalue weighted by atomic mass is 9.89. The van der Waals surface area contributed by atoms with Gasteiger partial charge in [-0.3, -0.25) is 14.6 Å². The molecule has 3 aliphatic rings. The summed E-state index contributed by atoms with van der Waals surface area (Å²) in [6.45, 7) is 9.66. The van der Waals surface area contributed by atoms with Crippen LogP contribution in [0.2, 0.25) is 0 Å². The molecule has 0 bridgehead atoms. The normalized spacial score (nSPS) is 25.8. The van der Waals surface area contributed by atoms with E-state index >= 15 is 0 Å². The molecule has 3 aromatic rings. The number of aromatic amines is 1. The second-order valence-corrected chi connectivity index (χ2v) is 10.7. The van der Waals surface area contributed by atoms with Crippen LogP contribution in [0.1, 0.15) is 47.2 Å². The molecule has 9 heteroatoms. The number of aromatic nitrogens is 3. The first-order valence-electron chi connectivity index (χ1n) is 13.8. The van der Waals surface area contributed by atoms with Gasteiger partial charge in [0.1, 0.15) is 17.8 Å². The van der Waals surface area contributed by atoms with Crippen molar-refractivity contribution in [3.63, 3.8) is 0 Å². The SMILES string of the molecule is Cc1ccccc1C(=O)c1c[nH]c2ncnc(NC3CCC(N4CCNCC4N4CCNCC4)CC3)c12. The van der Waals surface area contributed by atoms with E-state index in [0.717, 1.165) is 75.4 Å². The Morgan fingerprint density at radius 3 is 2.57 bits per heavy atom. The van der Waals surface area contributed by atoms with Gasteiger partial charge < -0.3 is 20.9 Å². The highest BCUT2D eigenvalue weighted by Crippen LogP contribution is 2.31. The third-order valence-corrected chi connectivity index (χ3v) is 8.44. The molecule has 6 rings (SSSR count). The third-order valence-electron chi connectivity index (χ3n) is 8.44. The lowest BCUT2D eigenvalue weighted by molar-refractivity contribution is -0.0208. The summed E-state index contributed by atoms with van der Waals surface area (Å²) < 4.78 is 0. The number of nitrogens with one attached hydrogen (secondary N) is 4. The van der Waals surface area contributed by atoms with Crippen LogP contribution in [-0.2, 0) is 0 Å². The Balaban J connectivity index is 1.15. The van der Waals surface area contributed by atoms with Gasteiger partial charge in [-0.25, -0.2) is 9.97 Å². The summed E-state index contributed by atoms with van der Waals surface area (Å²) in [5.41, 5.74) is 3.01. The molecule has 4 heterocycles. The van der Waals surface area contributed by atoms with Crippen LogP contribution in [0.15, 0.2) is 36.8 Å². The largest absolute Gasteiger partial charge is 0.367 e. The Labute approximate surface area is 218 Å². The van der Waals surface area contributed by atoms with Crippen LogP contribution in [-0.4, -0.2) is 94.6 Å². The summed E-state index contributed by atoms with van der Waals surface area (Å²) in [5, 5.41) is 11.6. The Morgan fingerprint density at radius 1 is 0.973 bits per heavy atom. The molecule has 2 saturated heterocycles. The molecule has 37 heavy (non-hydrogen) atoms. The molecule has 0 amide bonds. The minimum Gasteiger partial charge on any atom is -0.367 e. The maximum Gasteiger partial charge on any atom is 0.195 e. The molecule has 3 fully saturated rings. The zero-order valence-corrected chi connectivity index (χ0v) is 21.7. The number of hydrogen-bond acceptors (Lipinski definition) is 8. The first-order valence-corrected chi connectivity index (χ1v) is 13.8. The van der Waals surface area contributed by atoms with E-state index in [2.05, 4.69) is 40.7 Å². The summed E-state index contributed by atoms with van der Waals surface area (Å²) in [7, 11) is 0. The van der Waals surface area contributed by atoms with E-state index < -0.39 is 0 Å². The summed E-state index contributed by atoms with van der Waals surface area (Å²) in [6.07, 6.45) is 8.40. The number of ketones is 1. The number of piperazine rings is 2. The van der Waals surface area contributed by atoms with E-state index in [-0.39, 0.29) is 5.78 Å². The quantitative estimate of drug-likeness (QED) is 0.381. The standard InChI is InChI=1S/C28H38N8O/c1-19-4-2-3-5-22(19)26(37)23-16-31-27-25(23)28(33-18-32-27)34-20-6-8-21(9-7-20)36-15-12-30-17-24(36)35-13-10-29-11-14-35/h2-5,16,18,20-21,24,29-30H,6-15,17H2,1H3,(H2,31,32,33,34). The zero-order chi connectivity index (χ0) is 25.2. The number of carbonyl (C=O) groups excluding carboxylic acids is 1. The second kappa shape index (κ2) is 10.9. The maximum atomic E-state index is 13.4. The van der Waals surface area contributed by atoms with Crippen LogP contribution in [0.3, 0.4) is 0 Å². The van der Waals surface area contributed by atoms with Crippen molar-refractivity contribution in [3.8, 4) is 0 Å². The molecule has 2 aromatic heterocycles. The zero-order valence-electron chi connectivity index (χ0n) is 21.7. The first-order chi connectivity index (χ1) is 18.2. The lowest BCUT2D eigenvalue weighted by Crippen LogP contribution is -2.64. The van der Waals surface area contributed by atoms with Gasteiger partial charge in [0.05, 0.1) is 17.1 Å². The lowest BCUT2D eigenvalue weighted by Gasteiger charge is -2.49. The number of benzene rings is 1. The molecule has 0 spiro atoms. The monoisotopic (exact) mass is 502 g/mol. The number of hydrogen-bond donors (Lipinski definition) is 4. The van der Waals surface area contributed by atoms with Gasteiger partial charge in [-0.2, -0.15) is 0 Å². The minimum atomic E-state index is 0.00331. The van der Waals surface area contributed by atoms with Crippen LogP contribution >= 0.6 is 0 Å². The van der Waals surface area contributed by atoms with Crippen LogP contribution in [0.25, 0.3) is 11.0 Å². The fraction of sp³-hybridized carbons (Fsp3) is 0.536. The van der Waals surface area contributed by atoms with Crippen LogP contribution < -0.4 is 16.0 Å². The second-order valence-electron chi connectivity index (χ2n) is 10.7. The van der Waals surface area contributed by atoms with Gasteiger partial charge in [0.15, 0.2) is 5.78 Å². The molecular weight excluding hydrogens is 464 g/mol. The Morgan fingerprint density at radius 2 is 1.76 bits per heavy atom. The molecule has 1 aliphatic carbocycles.